The molecule has 0 bridgehead atoms. The van der Waals surface area contributed by atoms with Gasteiger partial charge in [-0.15, -0.1) is 0 Å². The Hall–Kier alpha value is -1.40. The standard InChI is InChI=1S/C16H24N2O3S/c1-11-4-5-12(2)15(8-11)13(3)17-9-16(19)18-14-6-7-22(20,21)10-14/h4-5,8,13-14,17H,6-7,9-10H2,1-3H3,(H,18,19)/t13-,14-/m0/s1. The highest BCUT2D eigenvalue weighted by Crippen LogP contribution is 2.18. The lowest BCUT2D eigenvalue weighted by Gasteiger charge is -2.18. The average molecular weight is 324 g/mol. The van der Waals surface area contributed by atoms with Gasteiger partial charge in [-0.05, 0) is 38.3 Å². The van der Waals surface area contributed by atoms with E-state index in [0.29, 0.717) is 6.42 Å². The Morgan fingerprint density at radius 2 is 2.09 bits per heavy atom. The molecule has 2 N–H and O–H groups in total. The molecule has 1 saturated heterocycles. The van der Waals surface area contributed by atoms with Crippen molar-refractivity contribution < 1.29 is 13.2 Å². The normalized spacial score (nSPS) is 21.5. The van der Waals surface area contributed by atoms with Crippen molar-refractivity contribution in [1.29, 1.82) is 0 Å². The number of rotatable bonds is 5. The molecule has 0 unspecified atom stereocenters. The molecule has 6 heteroatoms. The van der Waals surface area contributed by atoms with Crippen LogP contribution in [0.4, 0.5) is 0 Å². The molecule has 2 rings (SSSR count). The highest BCUT2D eigenvalue weighted by molar-refractivity contribution is 7.91. The summed E-state index contributed by atoms with van der Waals surface area (Å²) in [5.41, 5.74) is 3.55. The molecule has 0 spiro atoms. The van der Waals surface area contributed by atoms with Gasteiger partial charge >= 0.3 is 0 Å². The Kier molecular flexibility index (Phi) is 5.24. The van der Waals surface area contributed by atoms with E-state index in [9.17, 15) is 13.2 Å². The van der Waals surface area contributed by atoms with Gasteiger partial charge in [0.2, 0.25) is 5.91 Å². The minimum absolute atomic E-state index is 0.0608. The van der Waals surface area contributed by atoms with Crippen LogP contribution in [-0.2, 0) is 14.6 Å². The summed E-state index contributed by atoms with van der Waals surface area (Å²) in [6.45, 7) is 6.31. The summed E-state index contributed by atoms with van der Waals surface area (Å²) < 4.78 is 22.8. The maximum atomic E-state index is 11.9. The van der Waals surface area contributed by atoms with Crippen molar-refractivity contribution in [2.45, 2.75) is 39.3 Å². The number of amides is 1. The predicted molar refractivity (Wildman–Crippen MR) is 87.5 cm³/mol. The lowest BCUT2D eigenvalue weighted by molar-refractivity contribution is -0.120. The third-order valence-corrected chi connectivity index (χ3v) is 5.84. The van der Waals surface area contributed by atoms with Gasteiger partial charge in [-0.25, -0.2) is 8.42 Å². The highest BCUT2D eigenvalue weighted by atomic mass is 32.2. The Bertz CT molecular complexity index is 655. The van der Waals surface area contributed by atoms with E-state index in [1.54, 1.807) is 0 Å². The topological polar surface area (TPSA) is 75.3 Å². The summed E-state index contributed by atoms with van der Waals surface area (Å²) >= 11 is 0. The summed E-state index contributed by atoms with van der Waals surface area (Å²) in [5.74, 6) is 0.0782. The third kappa shape index (κ3) is 4.55. The van der Waals surface area contributed by atoms with Crippen LogP contribution in [0, 0.1) is 13.8 Å². The average Bonchev–Trinajstić information content (AvgIpc) is 2.78. The quantitative estimate of drug-likeness (QED) is 0.855. The summed E-state index contributed by atoms with van der Waals surface area (Å²) in [6, 6.07) is 6.09. The second kappa shape index (κ2) is 6.79. The zero-order chi connectivity index (χ0) is 16.3. The number of nitrogens with one attached hydrogen (secondary N) is 2. The summed E-state index contributed by atoms with van der Waals surface area (Å²) in [4.78, 5) is 11.9. The molecule has 1 fully saturated rings. The van der Waals surface area contributed by atoms with Crippen LogP contribution >= 0.6 is 0 Å². The minimum atomic E-state index is -2.96. The summed E-state index contributed by atoms with van der Waals surface area (Å²) in [7, 11) is -2.96. The van der Waals surface area contributed by atoms with E-state index < -0.39 is 9.84 Å². The van der Waals surface area contributed by atoms with Crippen LogP contribution in [0.15, 0.2) is 18.2 Å². The van der Waals surface area contributed by atoms with Gasteiger partial charge in [0.15, 0.2) is 9.84 Å². The number of hydrogen-bond donors (Lipinski definition) is 2. The number of aryl methyl sites for hydroxylation is 2. The molecule has 2 atom stereocenters. The van der Waals surface area contributed by atoms with Gasteiger partial charge in [0.05, 0.1) is 18.1 Å². The first kappa shape index (κ1) is 17.0. The van der Waals surface area contributed by atoms with E-state index in [1.165, 1.54) is 16.7 Å². The van der Waals surface area contributed by atoms with E-state index >= 15 is 0 Å². The van der Waals surface area contributed by atoms with E-state index in [2.05, 4.69) is 35.8 Å². The molecular weight excluding hydrogens is 300 g/mol. The van der Waals surface area contributed by atoms with Crippen LogP contribution in [-0.4, -0.2) is 38.4 Å². The lowest BCUT2D eigenvalue weighted by atomic mass is 10.00. The Morgan fingerprint density at radius 3 is 2.73 bits per heavy atom. The molecule has 1 amide bonds. The molecular formula is C16H24N2O3S. The van der Waals surface area contributed by atoms with E-state index in [1.807, 2.05) is 13.8 Å². The molecule has 1 aromatic carbocycles. The van der Waals surface area contributed by atoms with Crippen LogP contribution in [0.5, 0.6) is 0 Å². The monoisotopic (exact) mass is 324 g/mol. The van der Waals surface area contributed by atoms with Crippen molar-refractivity contribution >= 4 is 15.7 Å². The van der Waals surface area contributed by atoms with Crippen molar-refractivity contribution in [2.24, 2.45) is 0 Å². The van der Waals surface area contributed by atoms with Gasteiger partial charge in [-0.2, -0.15) is 0 Å². The van der Waals surface area contributed by atoms with Crippen LogP contribution in [0.1, 0.15) is 36.1 Å². The van der Waals surface area contributed by atoms with Gasteiger partial charge in [-0.1, -0.05) is 23.8 Å². The van der Waals surface area contributed by atoms with Crippen molar-refractivity contribution in [1.82, 2.24) is 10.6 Å². The largest absolute Gasteiger partial charge is 0.351 e. The second-order valence-corrected chi connectivity index (χ2v) is 8.36. The first-order valence-electron chi connectivity index (χ1n) is 7.57. The third-order valence-electron chi connectivity index (χ3n) is 4.07. The van der Waals surface area contributed by atoms with Crippen molar-refractivity contribution in [3.8, 4) is 0 Å². The fourth-order valence-corrected chi connectivity index (χ4v) is 4.44. The second-order valence-electron chi connectivity index (χ2n) is 6.13. The molecule has 0 saturated carbocycles. The van der Waals surface area contributed by atoms with Crippen molar-refractivity contribution in [2.75, 3.05) is 18.1 Å². The molecule has 1 aromatic rings. The number of sulfone groups is 1. The van der Waals surface area contributed by atoms with Crippen LogP contribution in [0.3, 0.4) is 0 Å². The smallest absolute Gasteiger partial charge is 0.234 e. The molecule has 1 aliphatic heterocycles. The first-order chi connectivity index (χ1) is 10.3. The molecule has 1 heterocycles. The fourth-order valence-electron chi connectivity index (χ4n) is 2.77. The van der Waals surface area contributed by atoms with E-state index in [-0.39, 0.29) is 36.0 Å². The summed E-state index contributed by atoms with van der Waals surface area (Å²) in [5, 5.41) is 5.99. The van der Waals surface area contributed by atoms with Gasteiger partial charge in [0.1, 0.15) is 0 Å². The molecule has 0 radical (unpaired) electrons. The molecule has 5 nitrogen and oxygen atoms in total. The first-order valence-corrected chi connectivity index (χ1v) is 9.39. The SMILES string of the molecule is Cc1ccc(C)c([C@H](C)NCC(=O)N[C@H]2CCS(=O)(=O)C2)c1. The molecule has 0 aromatic heterocycles. The number of carbonyl (C=O) groups excluding carboxylic acids is 1. The van der Waals surface area contributed by atoms with Crippen LogP contribution < -0.4 is 10.6 Å². The zero-order valence-electron chi connectivity index (χ0n) is 13.3. The molecule has 22 heavy (non-hydrogen) atoms. The fraction of sp³-hybridized carbons (Fsp3) is 0.562. The number of carbonyl (C=O) groups is 1. The van der Waals surface area contributed by atoms with E-state index in [4.69, 9.17) is 0 Å². The van der Waals surface area contributed by atoms with Crippen LogP contribution in [0.2, 0.25) is 0 Å². The van der Waals surface area contributed by atoms with Crippen LogP contribution in [0.25, 0.3) is 0 Å². The molecule has 1 aliphatic rings. The maximum Gasteiger partial charge on any atom is 0.234 e. The molecule has 0 aliphatic carbocycles. The minimum Gasteiger partial charge on any atom is -0.351 e. The lowest BCUT2D eigenvalue weighted by Crippen LogP contribution is -2.41. The van der Waals surface area contributed by atoms with Gasteiger partial charge in [0.25, 0.3) is 0 Å². The highest BCUT2D eigenvalue weighted by Gasteiger charge is 2.28. The van der Waals surface area contributed by atoms with Crippen molar-refractivity contribution in [3.05, 3.63) is 34.9 Å². The van der Waals surface area contributed by atoms with Gasteiger partial charge < -0.3 is 10.6 Å². The van der Waals surface area contributed by atoms with Gasteiger partial charge in [0, 0.05) is 12.1 Å². The predicted octanol–water partition coefficient (Wildman–Crippen LogP) is 1.26. The Labute approximate surface area is 132 Å². The summed E-state index contributed by atoms with van der Waals surface area (Å²) in [6.07, 6.45) is 0.514. The Balaban J connectivity index is 1.84. The zero-order valence-corrected chi connectivity index (χ0v) is 14.2. The number of benzene rings is 1. The number of hydrogen-bond acceptors (Lipinski definition) is 4. The maximum absolute atomic E-state index is 11.9. The Morgan fingerprint density at radius 1 is 1.36 bits per heavy atom. The van der Waals surface area contributed by atoms with Crippen molar-refractivity contribution in [3.63, 3.8) is 0 Å². The van der Waals surface area contributed by atoms with E-state index in [0.717, 1.165) is 0 Å². The molecule has 122 valence electrons. The van der Waals surface area contributed by atoms with Gasteiger partial charge in [-0.3, -0.25) is 4.79 Å².